The first kappa shape index (κ1) is 17.1. The fraction of sp³-hybridized carbons (Fsp3) is 0.312. The summed E-state index contributed by atoms with van der Waals surface area (Å²) in [6.07, 6.45) is 0. The Balaban J connectivity index is 1.87. The van der Waals surface area contributed by atoms with Crippen LogP contribution < -0.4 is 9.46 Å². The van der Waals surface area contributed by atoms with E-state index in [4.69, 9.17) is 4.74 Å². The van der Waals surface area contributed by atoms with Gasteiger partial charge in [0.15, 0.2) is 0 Å². The first-order valence-electron chi connectivity index (χ1n) is 7.07. The Labute approximate surface area is 136 Å². The number of H-pyrrole nitrogens is 1. The van der Waals surface area contributed by atoms with Gasteiger partial charge >= 0.3 is 0 Å². The summed E-state index contributed by atoms with van der Waals surface area (Å²) >= 11 is 0. The molecule has 0 amide bonds. The molecule has 0 saturated heterocycles. The van der Waals surface area contributed by atoms with Crippen LogP contribution in [-0.4, -0.2) is 31.8 Å². The number of hydrogen-bond acceptors (Lipinski definition) is 4. The van der Waals surface area contributed by atoms with Crippen molar-refractivity contribution in [2.75, 3.05) is 13.2 Å². The Kier molecular flexibility index (Phi) is 5.42. The number of benzene rings is 1. The monoisotopic (exact) mass is 333 g/mol. The fourth-order valence-electron chi connectivity index (χ4n) is 2.09. The van der Waals surface area contributed by atoms with Gasteiger partial charge in [0, 0.05) is 0 Å². The SMILES string of the molecule is Cc1ccccc1OCC#CCNS(=O)(=O)c1c(C)n[nH]c1C. The lowest BCUT2D eigenvalue weighted by Gasteiger charge is -2.05. The minimum atomic E-state index is -3.61. The van der Waals surface area contributed by atoms with Crippen molar-refractivity contribution in [3.63, 3.8) is 0 Å². The summed E-state index contributed by atoms with van der Waals surface area (Å²) in [6.45, 7) is 5.47. The number of aromatic nitrogens is 2. The molecule has 0 fully saturated rings. The third kappa shape index (κ3) is 4.34. The molecule has 7 heteroatoms. The molecule has 0 saturated carbocycles. The number of aryl methyl sites for hydroxylation is 3. The summed E-state index contributed by atoms with van der Waals surface area (Å²) in [4.78, 5) is 0.176. The molecule has 1 heterocycles. The molecule has 2 N–H and O–H groups in total. The second-order valence-electron chi connectivity index (χ2n) is 5.00. The lowest BCUT2D eigenvalue weighted by atomic mass is 10.2. The van der Waals surface area contributed by atoms with E-state index in [0.29, 0.717) is 11.4 Å². The largest absolute Gasteiger partial charge is 0.481 e. The average molecular weight is 333 g/mol. The van der Waals surface area contributed by atoms with E-state index in [1.165, 1.54) is 0 Å². The van der Waals surface area contributed by atoms with E-state index in [-0.39, 0.29) is 18.0 Å². The van der Waals surface area contributed by atoms with Crippen LogP contribution >= 0.6 is 0 Å². The number of aromatic amines is 1. The Morgan fingerprint density at radius 2 is 1.96 bits per heavy atom. The van der Waals surface area contributed by atoms with E-state index >= 15 is 0 Å². The van der Waals surface area contributed by atoms with Crippen molar-refractivity contribution in [2.24, 2.45) is 0 Å². The van der Waals surface area contributed by atoms with Crippen LogP contribution in [0.4, 0.5) is 0 Å². The van der Waals surface area contributed by atoms with Crippen molar-refractivity contribution < 1.29 is 13.2 Å². The first-order chi connectivity index (χ1) is 10.9. The molecule has 0 aliphatic carbocycles. The lowest BCUT2D eigenvalue weighted by molar-refractivity contribution is 0.367. The average Bonchev–Trinajstić information content (AvgIpc) is 2.84. The topological polar surface area (TPSA) is 84.1 Å². The second-order valence-corrected chi connectivity index (χ2v) is 6.70. The molecule has 0 spiro atoms. The van der Waals surface area contributed by atoms with Crippen LogP contribution in [0.5, 0.6) is 5.75 Å². The smallest absolute Gasteiger partial charge is 0.245 e. The standard InChI is InChI=1S/C16H19N3O3S/c1-12-8-4-5-9-15(12)22-11-7-6-10-17-23(20,21)16-13(2)18-19-14(16)3/h4-5,8-9,17H,10-11H2,1-3H3,(H,18,19). The summed E-state index contributed by atoms with van der Waals surface area (Å²) in [5.41, 5.74) is 1.97. The maximum Gasteiger partial charge on any atom is 0.245 e. The molecule has 0 radical (unpaired) electrons. The third-order valence-corrected chi connectivity index (χ3v) is 4.86. The molecule has 2 rings (SSSR count). The van der Waals surface area contributed by atoms with E-state index in [1.54, 1.807) is 13.8 Å². The molecule has 0 aliphatic rings. The summed E-state index contributed by atoms with van der Waals surface area (Å²) in [6, 6.07) is 7.64. The van der Waals surface area contributed by atoms with Crippen molar-refractivity contribution in [1.82, 2.24) is 14.9 Å². The normalized spacial score (nSPS) is 10.9. The van der Waals surface area contributed by atoms with E-state index < -0.39 is 10.0 Å². The summed E-state index contributed by atoms with van der Waals surface area (Å²) in [5.74, 6) is 6.29. The van der Waals surface area contributed by atoms with Crippen molar-refractivity contribution in [3.8, 4) is 17.6 Å². The Hall–Kier alpha value is -2.30. The number of nitrogens with one attached hydrogen (secondary N) is 2. The lowest BCUT2D eigenvalue weighted by Crippen LogP contribution is -2.25. The van der Waals surface area contributed by atoms with Crippen LogP contribution in [0.25, 0.3) is 0 Å². The van der Waals surface area contributed by atoms with E-state index in [2.05, 4.69) is 26.8 Å². The van der Waals surface area contributed by atoms with E-state index in [9.17, 15) is 8.42 Å². The van der Waals surface area contributed by atoms with Gasteiger partial charge in [-0.05, 0) is 32.4 Å². The molecule has 0 bridgehead atoms. The van der Waals surface area contributed by atoms with Gasteiger partial charge in [-0.15, -0.1) is 0 Å². The highest BCUT2D eigenvalue weighted by Crippen LogP contribution is 2.16. The number of rotatable bonds is 5. The minimum Gasteiger partial charge on any atom is -0.481 e. The molecule has 0 atom stereocenters. The van der Waals surface area contributed by atoms with Crippen LogP contribution in [0.1, 0.15) is 17.0 Å². The molecule has 1 aromatic heterocycles. The van der Waals surface area contributed by atoms with Crippen LogP contribution in [0.15, 0.2) is 29.2 Å². The highest BCUT2D eigenvalue weighted by molar-refractivity contribution is 7.89. The van der Waals surface area contributed by atoms with Crippen molar-refractivity contribution in [1.29, 1.82) is 0 Å². The number of nitrogens with zero attached hydrogens (tertiary/aromatic N) is 1. The predicted octanol–water partition coefficient (Wildman–Crippen LogP) is 1.70. The highest BCUT2D eigenvalue weighted by Gasteiger charge is 2.21. The first-order valence-corrected chi connectivity index (χ1v) is 8.55. The van der Waals surface area contributed by atoms with Gasteiger partial charge in [-0.2, -0.15) is 9.82 Å². The van der Waals surface area contributed by atoms with Crippen molar-refractivity contribution in [2.45, 2.75) is 25.7 Å². The van der Waals surface area contributed by atoms with Gasteiger partial charge < -0.3 is 4.74 Å². The Bertz CT molecular complexity index is 825. The van der Waals surface area contributed by atoms with E-state index in [0.717, 1.165) is 11.3 Å². The third-order valence-electron chi connectivity index (χ3n) is 3.20. The molecule has 0 unspecified atom stereocenters. The van der Waals surface area contributed by atoms with Gasteiger partial charge in [0.2, 0.25) is 10.0 Å². The Morgan fingerprint density at radius 3 is 2.61 bits per heavy atom. The number of sulfonamides is 1. The van der Waals surface area contributed by atoms with Crippen LogP contribution in [0, 0.1) is 32.6 Å². The van der Waals surface area contributed by atoms with Gasteiger partial charge in [-0.1, -0.05) is 30.0 Å². The maximum absolute atomic E-state index is 12.2. The van der Waals surface area contributed by atoms with Crippen LogP contribution in [-0.2, 0) is 10.0 Å². The van der Waals surface area contributed by atoms with Gasteiger partial charge in [-0.25, -0.2) is 8.42 Å². The minimum absolute atomic E-state index is 0.0174. The van der Waals surface area contributed by atoms with Gasteiger partial charge in [0.25, 0.3) is 0 Å². The zero-order valence-electron chi connectivity index (χ0n) is 13.3. The fourth-order valence-corrected chi connectivity index (χ4v) is 3.38. The molecule has 2 aromatic rings. The zero-order chi connectivity index (χ0) is 16.9. The molecule has 1 aromatic carbocycles. The quantitative estimate of drug-likeness (QED) is 0.816. The number of hydrogen-bond donors (Lipinski definition) is 2. The summed E-state index contributed by atoms with van der Waals surface area (Å²) in [7, 11) is -3.61. The van der Waals surface area contributed by atoms with Gasteiger partial charge in [-0.3, -0.25) is 5.10 Å². The maximum atomic E-state index is 12.2. The molecular weight excluding hydrogens is 314 g/mol. The van der Waals surface area contributed by atoms with Gasteiger partial charge in [0.05, 0.1) is 17.9 Å². The molecule has 23 heavy (non-hydrogen) atoms. The zero-order valence-corrected chi connectivity index (χ0v) is 14.1. The Morgan fingerprint density at radius 1 is 1.22 bits per heavy atom. The van der Waals surface area contributed by atoms with Crippen LogP contribution in [0.3, 0.4) is 0 Å². The molecule has 6 nitrogen and oxygen atoms in total. The number of ether oxygens (including phenoxy) is 1. The summed E-state index contributed by atoms with van der Waals surface area (Å²) < 4.78 is 32.3. The molecular formula is C16H19N3O3S. The number of para-hydroxylation sites is 1. The van der Waals surface area contributed by atoms with Crippen LogP contribution in [0.2, 0.25) is 0 Å². The molecule has 0 aliphatic heterocycles. The van der Waals surface area contributed by atoms with Crippen molar-refractivity contribution in [3.05, 3.63) is 41.2 Å². The van der Waals surface area contributed by atoms with Crippen molar-refractivity contribution >= 4 is 10.0 Å². The van der Waals surface area contributed by atoms with E-state index in [1.807, 2.05) is 31.2 Å². The highest BCUT2D eigenvalue weighted by atomic mass is 32.2. The molecule has 122 valence electrons. The second kappa shape index (κ2) is 7.31. The summed E-state index contributed by atoms with van der Waals surface area (Å²) in [5, 5.41) is 6.53. The van der Waals surface area contributed by atoms with Gasteiger partial charge in [0.1, 0.15) is 17.3 Å². The predicted molar refractivity (Wildman–Crippen MR) is 87.7 cm³/mol.